The monoisotopic (exact) mass is 1200 g/mol. The largest absolute Gasteiger partial charge is 0.491 e. The second kappa shape index (κ2) is 30.8. The van der Waals surface area contributed by atoms with Gasteiger partial charge >= 0.3 is 0 Å². The van der Waals surface area contributed by atoms with E-state index >= 15 is 0 Å². The molecule has 0 radical (unpaired) electrons. The minimum Gasteiger partial charge on any atom is -0.491 e. The average molecular weight is 1200 g/mol. The lowest BCUT2D eigenvalue weighted by Crippen LogP contribution is -2.30. The van der Waals surface area contributed by atoms with E-state index in [1.807, 2.05) is 48.5 Å². The van der Waals surface area contributed by atoms with E-state index in [1.165, 1.54) is 0 Å². The van der Waals surface area contributed by atoms with Crippen molar-refractivity contribution in [3.05, 3.63) is 162 Å². The summed E-state index contributed by atoms with van der Waals surface area (Å²) >= 11 is 0. The van der Waals surface area contributed by atoms with E-state index < -0.39 is 21.6 Å². The number of nitrogens with one attached hydrogen (secondary N) is 2. The van der Waals surface area contributed by atoms with Gasteiger partial charge in [0.25, 0.3) is 11.8 Å². The van der Waals surface area contributed by atoms with Crippen LogP contribution in [0.15, 0.2) is 149 Å². The van der Waals surface area contributed by atoms with Gasteiger partial charge in [-0.3, -0.25) is 18.0 Å². The molecule has 2 atom stereocenters. The predicted molar refractivity (Wildman–Crippen MR) is 352 cm³/mol. The maximum atomic E-state index is 14.4. The molecular weight excluding hydrogens is 1110 g/mol. The number of ether oxygens (including phenoxy) is 2. The first-order valence-corrected chi connectivity index (χ1v) is 33.5. The van der Waals surface area contributed by atoms with Gasteiger partial charge in [0.15, 0.2) is 0 Å². The van der Waals surface area contributed by atoms with E-state index in [0.717, 1.165) is 140 Å². The van der Waals surface area contributed by atoms with Crippen LogP contribution in [-0.4, -0.2) is 85.3 Å². The molecule has 2 aliphatic heterocycles. The maximum Gasteiger partial charge on any atom is 0.251 e. The molecule has 5 aromatic carbocycles. The normalized spacial score (nSPS) is 14.3. The zero-order chi connectivity index (χ0) is 60.5. The number of anilines is 4. The molecule has 2 aliphatic rings. The van der Waals surface area contributed by atoms with Gasteiger partial charge in [0.2, 0.25) is 0 Å². The topological polar surface area (TPSA) is 153 Å². The molecule has 2 N–H and O–H groups in total. The number of hydrogen-bond donors (Lipinski definition) is 2. The van der Waals surface area contributed by atoms with Crippen molar-refractivity contribution in [1.82, 2.24) is 19.1 Å². The van der Waals surface area contributed by atoms with Gasteiger partial charge in [-0.05, 0) is 182 Å². The Labute approximate surface area is 514 Å². The molecule has 454 valence electrons. The van der Waals surface area contributed by atoms with Crippen molar-refractivity contribution in [2.24, 2.45) is 11.8 Å². The van der Waals surface area contributed by atoms with Crippen LogP contribution in [0.3, 0.4) is 0 Å². The fourth-order valence-corrected chi connectivity index (χ4v) is 13.5. The summed E-state index contributed by atoms with van der Waals surface area (Å²) in [6.45, 7) is 21.8. The molecule has 14 nitrogen and oxygen atoms in total. The number of rotatable bonds is 27. The molecule has 86 heavy (non-hydrogen) atoms. The summed E-state index contributed by atoms with van der Waals surface area (Å²) in [4.78, 5) is 43.5. The average Bonchev–Trinajstić information content (AvgIpc) is 1.81. The van der Waals surface area contributed by atoms with Crippen LogP contribution < -0.4 is 25.2 Å². The Balaban J connectivity index is 1.02. The predicted octanol–water partition coefficient (Wildman–Crippen LogP) is 14.6. The number of carbonyl (C=O) groups excluding carboxylic acids is 2. The SMILES string of the molecule is CCCCOCCOc1ccc(-c2ccc3c(c2)C=C(C(=O)Nc2ccc(S(=O)Cc4cncn4CCC)cc2)CCCN3CC(C)C)cc1-c1ccc2c(c1)C=C(C(=O)Nc1ccc(S(=O)Cc3cncn3CCC)cc1)CCCN2CC(C)C. The Morgan fingerprint density at radius 1 is 0.570 bits per heavy atom. The highest BCUT2D eigenvalue weighted by Crippen LogP contribution is 2.40. The van der Waals surface area contributed by atoms with Gasteiger partial charge in [-0.1, -0.05) is 73.1 Å². The van der Waals surface area contributed by atoms with Crippen LogP contribution in [0.5, 0.6) is 5.75 Å². The Bertz CT molecular complexity index is 3530. The summed E-state index contributed by atoms with van der Waals surface area (Å²) < 4.78 is 43.6. The minimum atomic E-state index is -1.28. The first kappa shape index (κ1) is 63.1. The molecule has 0 bridgehead atoms. The lowest BCUT2D eigenvalue weighted by Gasteiger charge is -2.31. The quantitative estimate of drug-likeness (QED) is 0.0476. The number of aromatic nitrogens is 4. The van der Waals surface area contributed by atoms with Crippen LogP contribution in [0.25, 0.3) is 34.4 Å². The van der Waals surface area contributed by atoms with Crippen molar-refractivity contribution >= 4 is 68.3 Å². The molecule has 2 amide bonds. The Morgan fingerprint density at radius 2 is 1.05 bits per heavy atom. The molecule has 0 spiro atoms. The van der Waals surface area contributed by atoms with E-state index in [9.17, 15) is 18.0 Å². The van der Waals surface area contributed by atoms with Gasteiger partial charge < -0.3 is 39.0 Å². The second-order valence-electron chi connectivity index (χ2n) is 23.4. The summed E-state index contributed by atoms with van der Waals surface area (Å²) in [5, 5.41) is 6.32. The molecule has 9 rings (SSSR count). The standard InChI is InChI=1S/C70H86N8O6S2/c1-8-11-34-83-35-36-84-68-29-18-53(52-16-27-66-57(37-52)39-55(14-12-32-75(66)44-50(4)5)69(79)73-59-19-23-63(24-20-59)85(81)46-61-42-71-48-77(61)30-9-2)41-65(68)54-17-28-67-58(38-54)40-56(15-13-33-76(67)45-51(6)7)70(80)74-60-21-25-64(26-22-60)86(82)47-62-43-72-49-78(62)31-10-3/h16-29,37-43,48-51H,8-15,30-36,44-47H2,1-7H3,(H,73,79)(H,74,80). The van der Waals surface area contributed by atoms with Gasteiger partial charge in [0.05, 0.1) is 63.8 Å². The highest BCUT2D eigenvalue weighted by molar-refractivity contribution is 7.84. The lowest BCUT2D eigenvalue weighted by molar-refractivity contribution is -0.113. The van der Waals surface area contributed by atoms with Crippen molar-refractivity contribution in [1.29, 1.82) is 0 Å². The van der Waals surface area contributed by atoms with Crippen LogP contribution in [-0.2, 0) is 60.5 Å². The molecular formula is C70H86N8O6S2. The van der Waals surface area contributed by atoms with E-state index in [4.69, 9.17) is 9.47 Å². The molecule has 4 heterocycles. The molecule has 2 aromatic heterocycles. The number of unbranched alkanes of at least 4 members (excludes halogenated alkanes) is 1. The van der Waals surface area contributed by atoms with E-state index in [1.54, 1.807) is 25.0 Å². The van der Waals surface area contributed by atoms with Crippen molar-refractivity contribution in [2.75, 3.05) is 66.4 Å². The molecule has 0 aliphatic carbocycles. The third-order valence-electron chi connectivity index (χ3n) is 15.5. The number of hydrogen-bond acceptors (Lipinski definition) is 10. The Morgan fingerprint density at radius 3 is 1.53 bits per heavy atom. The first-order chi connectivity index (χ1) is 41.8. The van der Waals surface area contributed by atoms with Crippen LogP contribution in [0.1, 0.15) is 122 Å². The van der Waals surface area contributed by atoms with Gasteiger partial charge in [0, 0.05) is 108 Å². The zero-order valence-corrected chi connectivity index (χ0v) is 53.0. The van der Waals surface area contributed by atoms with E-state index in [0.29, 0.717) is 88.3 Å². The smallest absolute Gasteiger partial charge is 0.251 e. The fraction of sp³-hybridized carbons (Fsp3) is 0.400. The molecule has 16 heteroatoms. The van der Waals surface area contributed by atoms with Gasteiger partial charge in [-0.2, -0.15) is 0 Å². The number of carbonyl (C=O) groups is 2. The van der Waals surface area contributed by atoms with Crippen LogP contribution in [0.2, 0.25) is 0 Å². The Kier molecular flexibility index (Phi) is 22.6. The third kappa shape index (κ3) is 16.8. The summed E-state index contributed by atoms with van der Waals surface area (Å²) in [5.74, 6) is 1.97. The van der Waals surface area contributed by atoms with E-state index in [-0.39, 0.29) is 11.8 Å². The first-order valence-electron chi connectivity index (χ1n) is 30.9. The number of imidazole rings is 2. The second-order valence-corrected chi connectivity index (χ2v) is 26.3. The maximum absolute atomic E-state index is 14.4. The van der Waals surface area contributed by atoms with Crippen molar-refractivity contribution in [2.45, 2.75) is 134 Å². The van der Waals surface area contributed by atoms with Crippen molar-refractivity contribution < 1.29 is 27.5 Å². The fourth-order valence-electron chi connectivity index (χ4n) is 11.2. The van der Waals surface area contributed by atoms with Crippen molar-refractivity contribution in [3.8, 4) is 28.0 Å². The number of amides is 2. The van der Waals surface area contributed by atoms with E-state index in [2.05, 4.69) is 155 Å². The molecule has 0 saturated carbocycles. The Hall–Kier alpha value is -7.40. The molecule has 0 fully saturated rings. The lowest BCUT2D eigenvalue weighted by atomic mass is 9.92. The van der Waals surface area contributed by atoms with Crippen molar-refractivity contribution in [3.63, 3.8) is 0 Å². The zero-order valence-electron chi connectivity index (χ0n) is 51.3. The van der Waals surface area contributed by atoms with Gasteiger partial charge in [0.1, 0.15) is 12.4 Å². The summed E-state index contributed by atoms with van der Waals surface area (Å²) in [6, 6.07) is 34.1. The number of aryl methyl sites for hydroxylation is 2. The molecule has 2 unspecified atom stereocenters. The van der Waals surface area contributed by atoms with Crippen LogP contribution in [0, 0.1) is 11.8 Å². The highest BCUT2D eigenvalue weighted by atomic mass is 32.2. The summed E-state index contributed by atoms with van der Waals surface area (Å²) in [5.41, 5.74) is 12.4. The number of benzene rings is 5. The number of fused-ring (bicyclic) bond motifs is 2. The van der Waals surface area contributed by atoms with Gasteiger partial charge in [-0.15, -0.1) is 0 Å². The number of nitrogens with zero attached hydrogens (tertiary/aromatic N) is 6. The van der Waals surface area contributed by atoms with Crippen LogP contribution >= 0.6 is 0 Å². The summed E-state index contributed by atoms with van der Waals surface area (Å²) in [6.07, 6.45) is 18.0. The van der Waals surface area contributed by atoms with Crippen LogP contribution in [0.4, 0.5) is 22.7 Å². The molecule has 7 aromatic rings. The third-order valence-corrected chi connectivity index (χ3v) is 18.2. The highest BCUT2D eigenvalue weighted by Gasteiger charge is 2.24. The summed E-state index contributed by atoms with van der Waals surface area (Å²) in [7, 11) is -2.55. The van der Waals surface area contributed by atoms with Gasteiger partial charge in [-0.25, -0.2) is 9.97 Å². The minimum absolute atomic E-state index is 0.162. The molecule has 0 saturated heterocycles.